The number of nitrogens with one attached hydrogen (secondary N) is 3. The number of hydrogen-bond acceptors (Lipinski definition) is 7. The Labute approximate surface area is 271 Å². The first kappa shape index (κ1) is 29.7. The Bertz CT molecular complexity index is 1830. The zero-order valence-corrected chi connectivity index (χ0v) is 26.6. The lowest BCUT2D eigenvalue weighted by molar-refractivity contribution is -0.120. The van der Waals surface area contributed by atoms with Crippen LogP contribution in [-0.4, -0.2) is 64.5 Å². The minimum Gasteiger partial charge on any atom is -0.496 e. The predicted octanol–water partition coefficient (Wildman–Crippen LogP) is 4.68. The second-order valence-electron chi connectivity index (χ2n) is 12.1. The van der Waals surface area contributed by atoms with E-state index in [1.807, 2.05) is 48.0 Å². The molecule has 2 amide bonds. The third-order valence-electron chi connectivity index (χ3n) is 9.03. The number of carbonyl (C=O) groups excluding carboxylic acids is 2. The second-order valence-corrected chi connectivity index (χ2v) is 12.8. The molecule has 2 aromatic carbocycles. The lowest BCUT2D eigenvalue weighted by Gasteiger charge is -2.47. The molecule has 3 aliphatic rings. The summed E-state index contributed by atoms with van der Waals surface area (Å²) in [5, 5.41) is 9.99. The Morgan fingerprint density at radius 3 is 2.71 bits per heavy atom. The molecule has 2 aromatic heterocycles. The first-order valence-electron chi connectivity index (χ1n) is 14.9. The van der Waals surface area contributed by atoms with Crippen molar-refractivity contribution in [1.29, 1.82) is 0 Å². The number of benzene rings is 2. The van der Waals surface area contributed by atoms with Gasteiger partial charge in [0.25, 0.3) is 5.91 Å². The number of fused-ring (bicyclic) bond motifs is 1. The summed E-state index contributed by atoms with van der Waals surface area (Å²) in [4.78, 5) is 36.5. The van der Waals surface area contributed by atoms with Crippen molar-refractivity contribution in [2.75, 3.05) is 38.6 Å². The van der Waals surface area contributed by atoms with Gasteiger partial charge >= 0.3 is 0 Å². The SMILES string of the molecule is COc1cc(-c2nccc(-c3cccc(NC(=O)c4nc5c(n4C)CCNC5)c3Cl)c2Cl)ccc1CN1CC2(CNC(=O)C2)C1. The van der Waals surface area contributed by atoms with E-state index in [1.165, 1.54) is 0 Å². The van der Waals surface area contributed by atoms with E-state index in [0.717, 1.165) is 67.4 Å². The molecule has 1 spiro atoms. The van der Waals surface area contributed by atoms with Gasteiger partial charge in [-0.15, -0.1) is 0 Å². The number of carbonyl (C=O) groups is 2. The Hall–Kier alpha value is -3.96. The number of rotatable bonds is 7. The third kappa shape index (κ3) is 5.46. The third-order valence-corrected chi connectivity index (χ3v) is 9.82. The van der Waals surface area contributed by atoms with Crippen LogP contribution in [-0.2, 0) is 31.4 Å². The van der Waals surface area contributed by atoms with Gasteiger partial charge in [0.15, 0.2) is 5.82 Å². The van der Waals surface area contributed by atoms with Gasteiger partial charge in [-0.2, -0.15) is 0 Å². The van der Waals surface area contributed by atoms with Gasteiger partial charge in [0.1, 0.15) is 5.75 Å². The van der Waals surface area contributed by atoms with Crippen LogP contribution in [0.25, 0.3) is 22.4 Å². The molecule has 3 N–H and O–H groups in total. The Balaban J connectivity index is 1.12. The molecule has 12 heteroatoms. The molecule has 7 rings (SSSR count). The van der Waals surface area contributed by atoms with Gasteiger partial charge < -0.3 is 25.3 Å². The molecule has 4 aromatic rings. The van der Waals surface area contributed by atoms with Gasteiger partial charge in [-0.1, -0.05) is 47.5 Å². The molecular weight excluding hydrogens is 613 g/mol. The van der Waals surface area contributed by atoms with Crippen molar-refractivity contribution in [3.8, 4) is 28.1 Å². The fourth-order valence-corrected chi connectivity index (χ4v) is 7.38. The molecule has 0 saturated carbocycles. The number of hydrogen-bond donors (Lipinski definition) is 3. The van der Waals surface area contributed by atoms with Crippen LogP contribution in [0.4, 0.5) is 5.69 Å². The Morgan fingerprint density at radius 1 is 1.13 bits per heavy atom. The van der Waals surface area contributed by atoms with Crippen LogP contribution in [0.1, 0.15) is 34.0 Å². The lowest BCUT2D eigenvalue weighted by atomic mass is 9.79. The molecule has 0 unspecified atom stereocenters. The highest BCUT2D eigenvalue weighted by Crippen LogP contribution is 2.42. The van der Waals surface area contributed by atoms with Crippen molar-refractivity contribution in [2.45, 2.75) is 25.9 Å². The highest BCUT2D eigenvalue weighted by atomic mass is 35.5. The zero-order valence-electron chi connectivity index (χ0n) is 25.0. The van der Waals surface area contributed by atoms with Gasteiger partial charge in [-0.25, -0.2) is 4.98 Å². The maximum atomic E-state index is 13.3. The van der Waals surface area contributed by atoms with E-state index in [1.54, 1.807) is 19.4 Å². The van der Waals surface area contributed by atoms with Crippen LogP contribution in [0.5, 0.6) is 5.75 Å². The largest absolute Gasteiger partial charge is 0.496 e. The molecule has 0 radical (unpaired) electrons. The van der Waals surface area contributed by atoms with E-state index >= 15 is 0 Å². The van der Waals surface area contributed by atoms with E-state index in [-0.39, 0.29) is 17.2 Å². The molecule has 232 valence electrons. The van der Waals surface area contributed by atoms with Crippen LogP contribution in [0.15, 0.2) is 48.7 Å². The van der Waals surface area contributed by atoms with Gasteiger partial charge in [0.2, 0.25) is 5.91 Å². The van der Waals surface area contributed by atoms with Crippen LogP contribution < -0.4 is 20.7 Å². The quantitative estimate of drug-likeness (QED) is 0.267. The molecule has 45 heavy (non-hydrogen) atoms. The smallest absolute Gasteiger partial charge is 0.291 e. The molecule has 2 saturated heterocycles. The minimum absolute atomic E-state index is 0.0684. The average molecular weight is 647 g/mol. The van der Waals surface area contributed by atoms with Crippen molar-refractivity contribution >= 4 is 40.7 Å². The number of methoxy groups -OCH3 is 1. The number of halogens is 2. The number of aromatic nitrogens is 3. The van der Waals surface area contributed by atoms with Crippen molar-refractivity contribution in [3.05, 3.63) is 81.5 Å². The number of ether oxygens (including phenoxy) is 1. The number of anilines is 1. The van der Waals surface area contributed by atoms with Gasteiger partial charge in [-0.3, -0.25) is 19.5 Å². The zero-order chi connectivity index (χ0) is 31.3. The number of nitrogens with zero attached hydrogens (tertiary/aromatic N) is 4. The van der Waals surface area contributed by atoms with Crippen LogP contribution in [0, 0.1) is 5.41 Å². The van der Waals surface area contributed by atoms with Gasteiger partial charge in [-0.05, 0) is 18.2 Å². The molecule has 0 bridgehead atoms. The van der Waals surface area contributed by atoms with Crippen LogP contribution in [0.3, 0.4) is 0 Å². The predicted molar refractivity (Wildman–Crippen MR) is 174 cm³/mol. The topological polar surface area (TPSA) is 113 Å². The molecule has 3 aliphatic heterocycles. The highest BCUT2D eigenvalue weighted by Gasteiger charge is 2.47. The summed E-state index contributed by atoms with van der Waals surface area (Å²) in [6.07, 6.45) is 3.12. The standard InChI is InChI=1S/C33H33Cl2N7O3/c1-41-25-9-10-36-14-24(25)39-31(41)32(44)40-23-5-3-4-21(28(23)34)22-8-11-37-30(29(22)35)19-6-7-20(26(12-19)45-2)15-42-17-33(18-42)13-27(43)38-16-33/h3-8,11-12,36H,9-10,13-18H2,1-2H3,(H,38,43)(H,40,44). The van der Waals surface area contributed by atoms with Crippen molar-refractivity contribution in [1.82, 2.24) is 30.1 Å². The summed E-state index contributed by atoms with van der Waals surface area (Å²) in [5.41, 5.74) is 6.30. The molecule has 2 fully saturated rings. The van der Waals surface area contributed by atoms with E-state index in [2.05, 4.69) is 30.8 Å². The number of likely N-dealkylation sites (tertiary alicyclic amines) is 1. The van der Waals surface area contributed by atoms with E-state index in [0.29, 0.717) is 51.3 Å². The van der Waals surface area contributed by atoms with E-state index in [9.17, 15) is 9.59 Å². The van der Waals surface area contributed by atoms with E-state index < -0.39 is 0 Å². The van der Waals surface area contributed by atoms with Gasteiger partial charge in [0.05, 0.1) is 34.2 Å². The first-order valence-corrected chi connectivity index (χ1v) is 15.7. The monoisotopic (exact) mass is 645 g/mol. The minimum atomic E-state index is -0.332. The summed E-state index contributed by atoms with van der Waals surface area (Å²) in [6, 6.07) is 13.2. The van der Waals surface area contributed by atoms with Crippen molar-refractivity contribution in [2.24, 2.45) is 12.5 Å². The molecule has 5 heterocycles. The second kappa shape index (κ2) is 11.8. The molecule has 0 aliphatic carbocycles. The summed E-state index contributed by atoms with van der Waals surface area (Å²) < 4.78 is 7.62. The number of pyridine rings is 1. The van der Waals surface area contributed by atoms with Gasteiger partial charge in [0, 0.05) is 98.7 Å². The fourth-order valence-electron chi connectivity index (χ4n) is 6.78. The maximum Gasteiger partial charge on any atom is 0.291 e. The Kier molecular flexibility index (Phi) is 7.77. The van der Waals surface area contributed by atoms with E-state index in [4.69, 9.17) is 27.9 Å². The lowest BCUT2D eigenvalue weighted by Crippen LogP contribution is -2.56. The number of amides is 2. The fraction of sp³-hybridized carbons (Fsp3) is 0.333. The summed E-state index contributed by atoms with van der Waals surface area (Å²) in [6.45, 7) is 4.74. The van der Waals surface area contributed by atoms with Crippen LogP contribution >= 0.6 is 23.2 Å². The first-order chi connectivity index (χ1) is 21.7. The van der Waals surface area contributed by atoms with Crippen molar-refractivity contribution in [3.63, 3.8) is 0 Å². The van der Waals surface area contributed by atoms with Crippen molar-refractivity contribution < 1.29 is 14.3 Å². The summed E-state index contributed by atoms with van der Waals surface area (Å²) in [5.74, 6) is 0.890. The normalized spacial score (nSPS) is 17.1. The number of imidazole rings is 1. The highest BCUT2D eigenvalue weighted by molar-refractivity contribution is 6.39. The average Bonchev–Trinajstić information content (AvgIpc) is 3.58. The maximum absolute atomic E-state index is 13.3. The molecule has 0 atom stereocenters. The molecular formula is C33H33Cl2N7O3. The van der Waals surface area contributed by atoms with Crippen LogP contribution in [0.2, 0.25) is 10.0 Å². The summed E-state index contributed by atoms with van der Waals surface area (Å²) in [7, 11) is 3.52. The summed E-state index contributed by atoms with van der Waals surface area (Å²) >= 11 is 13.9. The Morgan fingerprint density at radius 2 is 1.96 bits per heavy atom. The molecule has 10 nitrogen and oxygen atoms in total.